The van der Waals surface area contributed by atoms with Crippen LogP contribution in [-0.2, 0) is 51.2 Å². The molecule has 0 bridgehead atoms. The first-order valence-corrected chi connectivity index (χ1v) is 22.2. The first kappa shape index (κ1) is 50.4. The molecular formula is C52H64N2O11. The number of carbonyl (C=O) groups is 5. The van der Waals surface area contributed by atoms with Gasteiger partial charge in [0.05, 0.1) is 12.6 Å². The molecule has 0 aliphatic carbocycles. The van der Waals surface area contributed by atoms with Gasteiger partial charge in [-0.15, -0.1) is 0 Å². The zero-order chi connectivity index (χ0) is 46.3. The molecule has 4 saturated heterocycles. The summed E-state index contributed by atoms with van der Waals surface area (Å²) in [5.74, 6) is -0.0934. The van der Waals surface area contributed by atoms with Crippen LogP contribution in [0.15, 0.2) is 109 Å². The average Bonchev–Trinajstić information content (AvgIpc) is 3.93. The summed E-state index contributed by atoms with van der Waals surface area (Å²) in [4.78, 5) is 60.5. The summed E-state index contributed by atoms with van der Waals surface area (Å²) in [6, 6.07) is 34.4. The second kappa shape index (κ2) is 26.4. The maximum absolute atomic E-state index is 12.1. The van der Waals surface area contributed by atoms with Gasteiger partial charge in [-0.1, -0.05) is 109 Å². The number of hydrogen-bond acceptors (Lipinski definition) is 11. The number of amides is 2. The van der Waals surface area contributed by atoms with E-state index in [1.54, 1.807) is 36.3 Å². The molecule has 0 aromatic heterocycles. The summed E-state index contributed by atoms with van der Waals surface area (Å²) in [5, 5.41) is 0. The van der Waals surface area contributed by atoms with Gasteiger partial charge in [0.2, 0.25) is 6.41 Å². The van der Waals surface area contributed by atoms with Crippen molar-refractivity contribution in [3.05, 3.63) is 131 Å². The van der Waals surface area contributed by atoms with Crippen LogP contribution in [0.25, 0.3) is 11.1 Å². The lowest BCUT2D eigenvalue weighted by atomic mass is 9.78. The molecule has 4 aliphatic rings. The minimum Gasteiger partial charge on any atom is -0.445 e. The van der Waals surface area contributed by atoms with Crippen molar-refractivity contribution in [1.29, 1.82) is 0 Å². The van der Waals surface area contributed by atoms with Gasteiger partial charge in [0.25, 0.3) is 0 Å². The van der Waals surface area contributed by atoms with Crippen molar-refractivity contribution in [2.75, 3.05) is 80.6 Å². The fourth-order valence-corrected chi connectivity index (χ4v) is 8.52. The number of nitrogens with zero attached hydrogens (tertiary/aromatic N) is 2. The molecule has 4 heterocycles. The van der Waals surface area contributed by atoms with Crippen molar-refractivity contribution >= 4 is 30.4 Å². The maximum Gasteiger partial charge on any atom is 0.410 e. The molecule has 4 aliphatic heterocycles. The SMILES string of the molecule is COCC(=O)c1ccc(-c2ccc(C(=O)COC)cc2)cc1.COCc1ccccc1.O=C(OCc1ccccc1)N1CCC2(CCOCC2)C1.O=C[C@@H]1CC2(CCOCC2)CN1C=O. The van der Waals surface area contributed by atoms with Crippen LogP contribution in [0, 0.1) is 10.8 Å². The van der Waals surface area contributed by atoms with Crippen molar-refractivity contribution in [3.8, 4) is 11.1 Å². The van der Waals surface area contributed by atoms with Crippen LogP contribution < -0.4 is 0 Å². The highest BCUT2D eigenvalue weighted by Gasteiger charge is 2.44. The summed E-state index contributed by atoms with van der Waals surface area (Å²) in [5.41, 5.74) is 5.91. The number of Topliss-reactive ketones (excluding diaryl/α,β-unsaturated/α-hetero) is 2. The Labute approximate surface area is 383 Å². The standard InChI is InChI=1S/C18H18O4.C16H21NO3.C10H15NO3.C8H10O/c1-21-11-17(19)15-7-3-13(4-8-15)14-5-9-16(10-6-14)18(20)12-22-2;18-15(20-12-14-4-2-1-3-5-14)17-9-6-16(13-17)7-10-19-11-8-16;12-6-9-5-10(7-11(9)8-13)1-3-14-4-2-10;1-9-7-8-5-3-2-4-6-8/h3-10H,11-12H2,1-2H3;1-5H,6-13H2;6,8-9H,1-5,7H2;2-6H,7H2,1H3/t;;9-;/m..0./s1. The van der Waals surface area contributed by atoms with Crippen molar-refractivity contribution in [1.82, 2.24) is 9.80 Å². The number of ketones is 2. The predicted molar refractivity (Wildman–Crippen MR) is 246 cm³/mol. The van der Waals surface area contributed by atoms with Crippen LogP contribution in [0.5, 0.6) is 0 Å². The zero-order valence-electron chi connectivity index (χ0n) is 38.0. The summed E-state index contributed by atoms with van der Waals surface area (Å²) in [6.07, 6.45) is 7.48. The third-order valence-corrected chi connectivity index (χ3v) is 12.3. The summed E-state index contributed by atoms with van der Waals surface area (Å²) < 4.78 is 30.7. The summed E-state index contributed by atoms with van der Waals surface area (Å²) in [7, 11) is 4.70. The van der Waals surface area contributed by atoms with Crippen molar-refractivity contribution in [2.45, 2.75) is 57.8 Å². The molecule has 2 amide bonds. The van der Waals surface area contributed by atoms with Gasteiger partial charge in [-0.05, 0) is 71.6 Å². The molecule has 0 radical (unpaired) electrons. The number of carbonyl (C=O) groups excluding carboxylic acids is 5. The van der Waals surface area contributed by atoms with E-state index in [2.05, 4.69) is 0 Å². The van der Waals surface area contributed by atoms with E-state index in [1.165, 1.54) is 19.8 Å². The van der Waals surface area contributed by atoms with E-state index < -0.39 is 0 Å². The summed E-state index contributed by atoms with van der Waals surface area (Å²) >= 11 is 0. The second-order valence-electron chi connectivity index (χ2n) is 16.9. The number of aldehydes is 1. The molecule has 0 unspecified atom stereocenters. The Morgan fingerprint density at radius 1 is 0.600 bits per heavy atom. The van der Waals surface area contributed by atoms with Crippen LogP contribution in [-0.4, -0.2) is 127 Å². The first-order valence-electron chi connectivity index (χ1n) is 22.2. The van der Waals surface area contributed by atoms with Gasteiger partial charge in [-0.3, -0.25) is 14.4 Å². The molecule has 4 aromatic rings. The Bertz CT molecular complexity index is 1970. The van der Waals surface area contributed by atoms with E-state index in [-0.39, 0.29) is 47.7 Å². The zero-order valence-corrected chi connectivity index (χ0v) is 38.0. The van der Waals surface area contributed by atoms with Crippen LogP contribution in [0.4, 0.5) is 4.79 Å². The van der Waals surface area contributed by atoms with Crippen LogP contribution in [0.1, 0.15) is 70.4 Å². The van der Waals surface area contributed by atoms with Gasteiger partial charge < -0.3 is 43.0 Å². The fraction of sp³-hybridized carbons (Fsp3) is 0.442. The lowest BCUT2D eigenvalue weighted by Gasteiger charge is -2.32. The quantitative estimate of drug-likeness (QED) is 0.0954. The van der Waals surface area contributed by atoms with Crippen LogP contribution in [0.3, 0.4) is 0 Å². The lowest BCUT2D eigenvalue weighted by molar-refractivity contribution is -0.123. The van der Waals surface area contributed by atoms with Crippen molar-refractivity contribution in [2.24, 2.45) is 10.8 Å². The molecule has 4 fully saturated rings. The molecule has 0 N–H and O–H groups in total. The van der Waals surface area contributed by atoms with E-state index in [1.807, 2.05) is 89.8 Å². The fourth-order valence-electron chi connectivity index (χ4n) is 8.52. The van der Waals surface area contributed by atoms with Gasteiger partial charge in [0.1, 0.15) is 26.1 Å². The van der Waals surface area contributed by atoms with Crippen molar-refractivity contribution in [3.63, 3.8) is 0 Å². The number of likely N-dealkylation sites (tertiary alicyclic amines) is 2. The molecule has 2 spiro atoms. The molecule has 65 heavy (non-hydrogen) atoms. The normalized spacial score (nSPS) is 17.9. The van der Waals surface area contributed by atoms with Gasteiger partial charge in [0, 0.05) is 78.5 Å². The van der Waals surface area contributed by atoms with Gasteiger partial charge in [-0.2, -0.15) is 0 Å². The average molecular weight is 893 g/mol. The van der Waals surface area contributed by atoms with Crippen molar-refractivity contribution < 1.29 is 52.4 Å². The highest BCUT2D eigenvalue weighted by atomic mass is 16.6. The second-order valence-corrected chi connectivity index (χ2v) is 16.9. The van der Waals surface area contributed by atoms with Crippen LogP contribution in [0.2, 0.25) is 0 Å². The van der Waals surface area contributed by atoms with E-state index >= 15 is 0 Å². The Morgan fingerprint density at radius 2 is 1.08 bits per heavy atom. The molecule has 13 nitrogen and oxygen atoms in total. The number of hydrogen-bond donors (Lipinski definition) is 0. The third kappa shape index (κ3) is 15.5. The largest absolute Gasteiger partial charge is 0.445 e. The van der Waals surface area contributed by atoms with Crippen LogP contribution >= 0.6 is 0 Å². The topological polar surface area (TPSA) is 147 Å². The number of ether oxygens (including phenoxy) is 6. The smallest absolute Gasteiger partial charge is 0.410 e. The molecule has 348 valence electrons. The van der Waals surface area contributed by atoms with Gasteiger partial charge >= 0.3 is 6.09 Å². The highest BCUT2D eigenvalue weighted by molar-refractivity contribution is 5.98. The third-order valence-electron chi connectivity index (χ3n) is 12.3. The Hall–Kier alpha value is -5.57. The number of benzene rings is 4. The van der Waals surface area contributed by atoms with E-state index in [4.69, 9.17) is 28.4 Å². The molecule has 1 atom stereocenters. The Morgan fingerprint density at radius 3 is 1.51 bits per heavy atom. The van der Waals surface area contributed by atoms with E-state index in [9.17, 15) is 24.0 Å². The first-order chi connectivity index (χ1) is 31.7. The molecule has 0 saturated carbocycles. The summed E-state index contributed by atoms with van der Waals surface area (Å²) in [6.45, 7) is 6.76. The monoisotopic (exact) mass is 892 g/mol. The number of methoxy groups -OCH3 is 3. The molecule has 8 rings (SSSR count). The Kier molecular flexibility index (Phi) is 20.5. The van der Waals surface area contributed by atoms with Gasteiger partial charge in [-0.25, -0.2) is 4.79 Å². The molecule has 13 heteroatoms. The minimum atomic E-state index is -0.203. The Balaban J connectivity index is 0.000000170. The maximum atomic E-state index is 12.1. The van der Waals surface area contributed by atoms with E-state index in [0.29, 0.717) is 24.3 Å². The number of rotatable bonds is 13. The van der Waals surface area contributed by atoms with E-state index in [0.717, 1.165) is 114 Å². The predicted octanol–water partition coefficient (Wildman–Crippen LogP) is 7.88. The van der Waals surface area contributed by atoms with Gasteiger partial charge in [0.15, 0.2) is 11.6 Å². The highest BCUT2D eigenvalue weighted by Crippen LogP contribution is 2.42. The minimum absolute atomic E-state index is 0.0467. The molecule has 4 aromatic carbocycles. The molecular weight excluding hydrogens is 829 g/mol. The lowest BCUT2D eigenvalue weighted by Crippen LogP contribution is -2.35.